The van der Waals surface area contributed by atoms with Gasteiger partial charge in [0.2, 0.25) is 0 Å². The minimum absolute atomic E-state index is 0. The van der Waals surface area contributed by atoms with Gasteiger partial charge >= 0.3 is 0 Å². The number of benzene rings is 2. The number of rotatable bonds is 6. The van der Waals surface area contributed by atoms with Crippen LogP contribution in [0.3, 0.4) is 0 Å². The maximum atomic E-state index is 5.83. The Kier molecular flexibility index (Phi) is 9.49. The lowest BCUT2D eigenvalue weighted by molar-refractivity contribution is 0.0531. The molecule has 0 aliphatic carbocycles. The number of guanidine groups is 1. The van der Waals surface area contributed by atoms with Crippen molar-refractivity contribution in [3.05, 3.63) is 48.0 Å². The number of nitrogens with zero attached hydrogens (tertiary/aromatic N) is 1. The molecular weight excluding hydrogens is 533 g/mol. The van der Waals surface area contributed by atoms with Crippen molar-refractivity contribution in [2.45, 2.75) is 31.6 Å². The van der Waals surface area contributed by atoms with Gasteiger partial charge in [-0.05, 0) is 49.6 Å². The van der Waals surface area contributed by atoms with Crippen LogP contribution in [0.5, 0.6) is 17.2 Å². The van der Waals surface area contributed by atoms with Crippen molar-refractivity contribution < 1.29 is 18.9 Å². The van der Waals surface area contributed by atoms with Crippen LogP contribution >= 0.6 is 24.0 Å². The number of hydrogen-bond donors (Lipinski definition) is 2. The van der Waals surface area contributed by atoms with E-state index in [-0.39, 0.29) is 29.4 Å². The highest BCUT2D eigenvalue weighted by atomic mass is 127. The first-order chi connectivity index (χ1) is 15.7. The summed E-state index contributed by atoms with van der Waals surface area (Å²) in [6.07, 6.45) is 2.76. The largest absolute Gasteiger partial charge is 0.497 e. The summed E-state index contributed by atoms with van der Waals surface area (Å²) in [5.41, 5.74) is 2.13. The Morgan fingerprint density at radius 2 is 1.73 bits per heavy atom. The van der Waals surface area contributed by atoms with Crippen LogP contribution in [-0.4, -0.2) is 52.6 Å². The van der Waals surface area contributed by atoms with Crippen molar-refractivity contribution in [1.82, 2.24) is 5.32 Å². The van der Waals surface area contributed by atoms with Crippen molar-refractivity contribution in [3.63, 3.8) is 0 Å². The molecule has 4 rings (SSSR count). The van der Waals surface area contributed by atoms with Gasteiger partial charge < -0.3 is 29.6 Å². The number of anilines is 1. The lowest BCUT2D eigenvalue weighted by atomic mass is 9.74. The Morgan fingerprint density at radius 3 is 2.42 bits per heavy atom. The summed E-state index contributed by atoms with van der Waals surface area (Å²) in [5.74, 6) is 3.17. The molecule has 0 radical (unpaired) electrons. The van der Waals surface area contributed by atoms with Crippen LogP contribution in [0, 0.1) is 0 Å². The smallest absolute Gasteiger partial charge is 0.195 e. The zero-order valence-electron chi connectivity index (χ0n) is 19.4. The van der Waals surface area contributed by atoms with Crippen LogP contribution in [0.15, 0.2) is 47.5 Å². The van der Waals surface area contributed by atoms with Crippen LogP contribution in [-0.2, 0) is 10.2 Å². The molecule has 0 atom stereocenters. The molecule has 1 saturated heterocycles. The lowest BCUT2D eigenvalue weighted by Gasteiger charge is -2.36. The maximum absolute atomic E-state index is 5.83. The number of nitrogens with one attached hydrogen (secondary N) is 2. The standard InChI is InChI=1S/C25H33N3O4.HI/c1-3-26-24(28-20-7-10-22-23(17-20)32-14-4-13-31-22)27-18-25(11-15-30-16-12-25)19-5-8-21(29-2)9-6-19;/h5-10,17H,3-4,11-16,18H2,1-2H3,(H2,26,27,28);1H. The molecule has 0 saturated carbocycles. The molecule has 2 aliphatic heterocycles. The fourth-order valence-electron chi connectivity index (χ4n) is 4.16. The molecule has 8 heteroatoms. The summed E-state index contributed by atoms with van der Waals surface area (Å²) in [6.45, 7) is 6.34. The van der Waals surface area contributed by atoms with E-state index in [2.05, 4.69) is 29.7 Å². The van der Waals surface area contributed by atoms with Gasteiger partial charge in [0, 0.05) is 43.3 Å². The van der Waals surface area contributed by atoms with Gasteiger partial charge in [-0.1, -0.05) is 12.1 Å². The summed E-state index contributed by atoms with van der Waals surface area (Å²) >= 11 is 0. The summed E-state index contributed by atoms with van der Waals surface area (Å²) < 4.78 is 22.6. The fourth-order valence-corrected chi connectivity index (χ4v) is 4.16. The summed E-state index contributed by atoms with van der Waals surface area (Å²) in [6, 6.07) is 14.3. The average Bonchev–Trinajstić information content (AvgIpc) is 3.08. The van der Waals surface area contributed by atoms with Crippen molar-refractivity contribution in [2.24, 2.45) is 4.99 Å². The van der Waals surface area contributed by atoms with Gasteiger partial charge in [-0.25, -0.2) is 0 Å². The predicted molar refractivity (Wildman–Crippen MR) is 142 cm³/mol. The number of methoxy groups -OCH3 is 1. The maximum Gasteiger partial charge on any atom is 0.195 e. The SMILES string of the molecule is CCNC(=NCC1(c2ccc(OC)cc2)CCOCC1)Nc1ccc2c(c1)OCCCO2.I. The molecule has 2 aromatic carbocycles. The molecular formula is C25H34IN3O4. The van der Waals surface area contributed by atoms with Gasteiger partial charge in [0.1, 0.15) is 5.75 Å². The molecule has 1 fully saturated rings. The highest BCUT2D eigenvalue weighted by molar-refractivity contribution is 14.0. The summed E-state index contributed by atoms with van der Waals surface area (Å²) in [4.78, 5) is 4.99. The third kappa shape index (κ3) is 6.44. The zero-order valence-corrected chi connectivity index (χ0v) is 21.7. The van der Waals surface area contributed by atoms with Crippen LogP contribution in [0.1, 0.15) is 31.7 Å². The van der Waals surface area contributed by atoms with Crippen molar-refractivity contribution >= 4 is 35.6 Å². The van der Waals surface area contributed by atoms with E-state index >= 15 is 0 Å². The molecule has 2 aliphatic rings. The normalized spacial score (nSPS) is 17.3. The second kappa shape index (κ2) is 12.3. The first-order valence-corrected chi connectivity index (χ1v) is 11.4. The second-order valence-electron chi connectivity index (χ2n) is 8.15. The van der Waals surface area contributed by atoms with E-state index in [0.29, 0.717) is 19.8 Å². The number of hydrogen-bond acceptors (Lipinski definition) is 5. The van der Waals surface area contributed by atoms with Gasteiger partial charge in [-0.15, -0.1) is 24.0 Å². The number of aliphatic imine (C=N–C) groups is 1. The van der Waals surface area contributed by atoms with E-state index in [9.17, 15) is 0 Å². The zero-order chi connectivity index (χ0) is 22.2. The highest BCUT2D eigenvalue weighted by Crippen LogP contribution is 2.36. The van der Waals surface area contributed by atoms with E-state index < -0.39 is 0 Å². The predicted octanol–water partition coefficient (Wildman–Crippen LogP) is 4.60. The number of ether oxygens (including phenoxy) is 4. The fraction of sp³-hybridized carbons (Fsp3) is 0.480. The molecule has 0 bridgehead atoms. The van der Waals surface area contributed by atoms with Gasteiger partial charge in [0.15, 0.2) is 17.5 Å². The Bertz CT molecular complexity index is 914. The number of fused-ring (bicyclic) bond motifs is 1. The second-order valence-corrected chi connectivity index (χ2v) is 8.15. The Balaban J connectivity index is 0.00000306. The van der Waals surface area contributed by atoms with Crippen LogP contribution in [0.25, 0.3) is 0 Å². The average molecular weight is 567 g/mol. The molecule has 180 valence electrons. The van der Waals surface area contributed by atoms with Crippen molar-refractivity contribution in [3.8, 4) is 17.2 Å². The molecule has 7 nitrogen and oxygen atoms in total. The van der Waals surface area contributed by atoms with E-state index in [1.807, 2.05) is 30.3 Å². The quantitative estimate of drug-likeness (QED) is 0.302. The Hall–Kier alpha value is -2.20. The molecule has 0 unspecified atom stereocenters. The highest BCUT2D eigenvalue weighted by Gasteiger charge is 2.34. The van der Waals surface area contributed by atoms with E-state index in [4.69, 9.17) is 23.9 Å². The first kappa shape index (κ1) is 25.4. The van der Waals surface area contributed by atoms with Crippen molar-refractivity contribution in [1.29, 1.82) is 0 Å². The van der Waals surface area contributed by atoms with Crippen LogP contribution < -0.4 is 24.8 Å². The van der Waals surface area contributed by atoms with Gasteiger partial charge in [0.05, 0.1) is 26.9 Å². The molecule has 2 N–H and O–H groups in total. The lowest BCUT2D eigenvalue weighted by Crippen LogP contribution is -2.39. The third-order valence-corrected chi connectivity index (χ3v) is 6.05. The number of halogens is 1. The molecule has 0 amide bonds. The summed E-state index contributed by atoms with van der Waals surface area (Å²) in [7, 11) is 1.69. The molecule has 2 heterocycles. The molecule has 2 aromatic rings. The first-order valence-electron chi connectivity index (χ1n) is 11.4. The Labute approximate surface area is 213 Å². The molecule has 0 spiro atoms. The van der Waals surface area contributed by atoms with E-state index in [1.165, 1.54) is 5.56 Å². The molecule has 0 aromatic heterocycles. The monoisotopic (exact) mass is 567 g/mol. The van der Waals surface area contributed by atoms with Gasteiger partial charge in [-0.2, -0.15) is 0 Å². The minimum atomic E-state index is -0.0579. The van der Waals surface area contributed by atoms with Crippen molar-refractivity contribution in [2.75, 3.05) is 51.9 Å². The minimum Gasteiger partial charge on any atom is -0.497 e. The Morgan fingerprint density at radius 1 is 1.00 bits per heavy atom. The van der Waals surface area contributed by atoms with E-state index in [1.54, 1.807) is 7.11 Å². The van der Waals surface area contributed by atoms with Gasteiger partial charge in [-0.3, -0.25) is 4.99 Å². The molecule has 33 heavy (non-hydrogen) atoms. The third-order valence-electron chi connectivity index (χ3n) is 6.05. The summed E-state index contributed by atoms with van der Waals surface area (Å²) in [5, 5.41) is 6.79. The van der Waals surface area contributed by atoms with Crippen LogP contribution in [0.4, 0.5) is 5.69 Å². The van der Waals surface area contributed by atoms with E-state index in [0.717, 1.165) is 67.9 Å². The van der Waals surface area contributed by atoms with Crippen LogP contribution in [0.2, 0.25) is 0 Å². The van der Waals surface area contributed by atoms with Gasteiger partial charge in [0.25, 0.3) is 0 Å². The topological polar surface area (TPSA) is 73.3 Å².